The number of nitrogens with zero attached hydrogens (tertiary/aromatic N) is 1. The molecule has 0 spiro atoms. The van der Waals surface area contributed by atoms with Gasteiger partial charge in [0.2, 0.25) is 5.91 Å². The third-order valence-electron chi connectivity index (χ3n) is 2.99. The number of rotatable bonds is 5. The van der Waals surface area contributed by atoms with E-state index >= 15 is 0 Å². The SMILES string of the molecule is C=CC(=O)NCC(c1ccccc1)N(C)C(=O)OC(C)(C)C. The molecule has 5 heteroatoms. The molecule has 1 N–H and O–H groups in total. The van der Waals surface area contributed by atoms with Crippen molar-refractivity contribution in [1.82, 2.24) is 10.2 Å². The van der Waals surface area contributed by atoms with Gasteiger partial charge in [-0.1, -0.05) is 36.9 Å². The van der Waals surface area contributed by atoms with Gasteiger partial charge in [-0.3, -0.25) is 4.79 Å². The molecular weight excluding hydrogens is 280 g/mol. The van der Waals surface area contributed by atoms with Crippen molar-refractivity contribution in [1.29, 1.82) is 0 Å². The van der Waals surface area contributed by atoms with Crippen LogP contribution in [-0.2, 0) is 9.53 Å². The summed E-state index contributed by atoms with van der Waals surface area (Å²) in [6.45, 7) is 9.15. The van der Waals surface area contributed by atoms with Crippen molar-refractivity contribution in [2.75, 3.05) is 13.6 Å². The molecule has 22 heavy (non-hydrogen) atoms. The molecule has 0 aliphatic heterocycles. The maximum absolute atomic E-state index is 12.3. The third-order valence-corrected chi connectivity index (χ3v) is 2.99. The fourth-order valence-corrected chi connectivity index (χ4v) is 1.88. The van der Waals surface area contributed by atoms with Gasteiger partial charge in [0.1, 0.15) is 5.60 Å². The van der Waals surface area contributed by atoms with Crippen molar-refractivity contribution >= 4 is 12.0 Å². The van der Waals surface area contributed by atoms with E-state index in [1.165, 1.54) is 11.0 Å². The summed E-state index contributed by atoms with van der Waals surface area (Å²) in [5.74, 6) is -0.279. The number of nitrogens with one attached hydrogen (secondary N) is 1. The zero-order valence-electron chi connectivity index (χ0n) is 13.6. The molecule has 0 aromatic heterocycles. The van der Waals surface area contributed by atoms with Gasteiger partial charge in [0.05, 0.1) is 6.04 Å². The normalized spacial score (nSPS) is 12.2. The van der Waals surface area contributed by atoms with Crippen molar-refractivity contribution in [3.8, 4) is 0 Å². The van der Waals surface area contributed by atoms with Gasteiger partial charge in [-0.25, -0.2) is 4.79 Å². The first kappa shape index (κ1) is 17.8. The van der Waals surface area contributed by atoms with Crippen LogP contribution in [0.5, 0.6) is 0 Å². The number of benzene rings is 1. The topological polar surface area (TPSA) is 58.6 Å². The van der Waals surface area contributed by atoms with Gasteiger partial charge < -0.3 is 15.0 Å². The van der Waals surface area contributed by atoms with Gasteiger partial charge in [0.15, 0.2) is 0 Å². The molecule has 5 nitrogen and oxygen atoms in total. The molecule has 1 aromatic rings. The lowest BCUT2D eigenvalue weighted by Crippen LogP contribution is -2.41. The molecule has 0 saturated carbocycles. The van der Waals surface area contributed by atoms with Crippen LogP contribution in [0.3, 0.4) is 0 Å². The smallest absolute Gasteiger partial charge is 0.410 e. The second-order valence-corrected chi connectivity index (χ2v) is 5.97. The Labute approximate surface area is 132 Å². The quantitative estimate of drug-likeness (QED) is 0.851. The minimum Gasteiger partial charge on any atom is -0.444 e. The second kappa shape index (κ2) is 7.64. The molecule has 1 unspecified atom stereocenters. The highest BCUT2D eigenvalue weighted by Crippen LogP contribution is 2.21. The number of likely N-dealkylation sites (N-methyl/N-ethyl adjacent to an activating group) is 1. The summed E-state index contributed by atoms with van der Waals surface area (Å²) in [4.78, 5) is 25.2. The van der Waals surface area contributed by atoms with E-state index in [1.54, 1.807) is 7.05 Å². The van der Waals surface area contributed by atoms with Crippen molar-refractivity contribution in [2.45, 2.75) is 32.4 Å². The zero-order valence-corrected chi connectivity index (χ0v) is 13.6. The Morgan fingerprint density at radius 3 is 2.41 bits per heavy atom. The molecule has 0 heterocycles. The van der Waals surface area contributed by atoms with E-state index in [2.05, 4.69) is 11.9 Å². The minimum atomic E-state index is -0.572. The summed E-state index contributed by atoms with van der Waals surface area (Å²) in [5, 5.41) is 2.72. The van der Waals surface area contributed by atoms with Crippen molar-refractivity contribution < 1.29 is 14.3 Å². The number of carbonyl (C=O) groups is 2. The highest BCUT2D eigenvalue weighted by molar-refractivity contribution is 5.86. The molecule has 1 atom stereocenters. The first-order chi connectivity index (χ1) is 10.2. The van der Waals surface area contributed by atoms with E-state index < -0.39 is 11.7 Å². The summed E-state index contributed by atoms with van der Waals surface area (Å²) < 4.78 is 5.39. The lowest BCUT2D eigenvalue weighted by Gasteiger charge is -2.31. The van der Waals surface area contributed by atoms with Crippen molar-refractivity contribution in [2.24, 2.45) is 0 Å². The number of amides is 2. The fraction of sp³-hybridized carbons (Fsp3) is 0.412. The zero-order chi connectivity index (χ0) is 16.8. The lowest BCUT2D eigenvalue weighted by atomic mass is 10.1. The van der Waals surface area contributed by atoms with Gasteiger partial charge in [-0.2, -0.15) is 0 Å². The molecule has 0 aliphatic rings. The molecule has 0 radical (unpaired) electrons. The van der Waals surface area contributed by atoms with Gasteiger partial charge >= 0.3 is 6.09 Å². The monoisotopic (exact) mass is 304 g/mol. The largest absolute Gasteiger partial charge is 0.444 e. The first-order valence-electron chi connectivity index (χ1n) is 7.15. The highest BCUT2D eigenvalue weighted by atomic mass is 16.6. The molecule has 0 bridgehead atoms. The molecule has 0 aliphatic carbocycles. The van der Waals surface area contributed by atoms with E-state index in [4.69, 9.17) is 4.74 Å². The van der Waals surface area contributed by atoms with E-state index in [0.717, 1.165) is 5.56 Å². The number of carbonyl (C=O) groups excluding carboxylic acids is 2. The minimum absolute atomic E-state index is 0.279. The summed E-state index contributed by atoms with van der Waals surface area (Å²) in [5.41, 5.74) is 0.344. The van der Waals surface area contributed by atoms with E-state index in [9.17, 15) is 9.59 Å². The average Bonchev–Trinajstić information content (AvgIpc) is 2.46. The predicted molar refractivity (Wildman–Crippen MR) is 86.4 cm³/mol. The van der Waals surface area contributed by atoms with Gasteiger partial charge in [0, 0.05) is 13.6 Å². The summed E-state index contributed by atoms with van der Waals surface area (Å²) in [6, 6.07) is 9.18. The molecule has 0 saturated heterocycles. The number of hydrogen-bond acceptors (Lipinski definition) is 3. The predicted octanol–water partition coefficient (Wildman–Crippen LogP) is 2.90. The standard InChI is InChI=1S/C17H24N2O3/c1-6-15(20)18-12-14(13-10-8-7-9-11-13)19(5)16(21)22-17(2,3)4/h6-11,14H,1,12H2,2-5H3,(H,18,20). The Bertz CT molecular complexity index is 520. The van der Waals surface area contributed by atoms with Gasteiger partial charge in [-0.15, -0.1) is 0 Å². The molecule has 1 aromatic carbocycles. The Balaban J connectivity index is 2.91. The van der Waals surface area contributed by atoms with E-state index in [-0.39, 0.29) is 18.5 Å². The number of hydrogen-bond donors (Lipinski definition) is 1. The number of ether oxygens (including phenoxy) is 1. The van der Waals surface area contributed by atoms with Crippen LogP contribution in [0, 0.1) is 0 Å². The third kappa shape index (κ3) is 5.60. The Morgan fingerprint density at radius 1 is 1.32 bits per heavy atom. The molecule has 120 valence electrons. The fourth-order valence-electron chi connectivity index (χ4n) is 1.88. The van der Waals surface area contributed by atoms with Crippen LogP contribution < -0.4 is 5.32 Å². The Hall–Kier alpha value is -2.30. The van der Waals surface area contributed by atoms with Crippen LogP contribution in [0.4, 0.5) is 4.79 Å². The van der Waals surface area contributed by atoms with Crippen LogP contribution in [0.1, 0.15) is 32.4 Å². The van der Waals surface area contributed by atoms with Crippen LogP contribution in [0.15, 0.2) is 43.0 Å². The summed E-state index contributed by atoms with van der Waals surface area (Å²) >= 11 is 0. The van der Waals surface area contributed by atoms with Gasteiger partial charge in [-0.05, 0) is 32.4 Å². The van der Waals surface area contributed by atoms with Gasteiger partial charge in [0.25, 0.3) is 0 Å². The first-order valence-corrected chi connectivity index (χ1v) is 7.15. The summed E-state index contributed by atoms with van der Waals surface area (Å²) in [7, 11) is 1.66. The van der Waals surface area contributed by atoms with Crippen molar-refractivity contribution in [3.05, 3.63) is 48.6 Å². The Kier molecular flexibility index (Phi) is 6.16. The highest BCUT2D eigenvalue weighted by Gasteiger charge is 2.26. The average molecular weight is 304 g/mol. The van der Waals surface area contributed by atoms with Crippen LogP contribution in [-0.4, -0.2) is 36.1 Å². The maximum atomic E-state index is 12.3. The molecular formula is C17H24N2O3. The van der Waals surface area contributed by atoms with Crippen LogP contribution >= 0.6 is 0 Å². The molecule has 0 fully saturated rings. The van der Waals surface area contributed by atoms with E-state index in [1.807, 2.05) is 51.1 Å². The second-order valence-electron chi connectivity index (χ2n) is 5.97. The van der Waals surface area contributed by atoms with Crippen LogP contribution in [0.25, 0.3) is 0 Å². The Morgan fingerprint density at radius 2 is 1.91 bits per heavy atom. The van der Waals surface area contributed by atoms with Crippen LogP contribution in [0.2, 0.25) is 0 Å². The lowest BCUT2D eigenvalue weighted by molar-refractivity contribution is -0.116. The van der Waals surface area contributed by atoms with E-state index in [0.29, 0.717) is 0 Å². The molecule has 1 rings (SSSR count). The van der Waals surface area contributed by atoms with Crippen molar-refractivity contribution in [3.63, 3.8) is 0 Å². The maximum Gasteiger partial charge on any atom is 0.410 e. The summed E-state index contributed by atoms with van der Waals surface area (Å²) in [6.07, 6.45) is 0.768. The molecule has 2 amide bonds.